The van der Waals surface area contributed by atoms with Gasteiger partial charge in [0.15, 0.2) is 11.5 Å². The van der Waals surface area contributed by atoms with Crippen LogP contribution in [-0.4, -0.2) is 96.1 Å². The lowest BCUT2D eigenvalue weighted by atomic mass is 9.87. The minimum atomic E-state index is -1.29. The fourth-order valence-corrected chi connectivity index (χ4v) is 4.90. The first kappa shape index (κ1) is 32.0. The Hall–Kier alpha value is -2.26. The van der Waals surface area contributed by atoms with Gasteiger partial charge < -0.3 is 39.7 Å². The van der Waals surface area contributed by atoms with Gasteiger partial charge in [-0.2, -0.15) is 0 Å². The molecule has 0 saturated carbocycles. The Kier molecular flexibility index (Phi) is 13.4. The number of halogens is 1. The van der Waals surface area contributed by atoms with Crippen molar-refractivity contribution in [1.82, 2.24) is 10.2 Å². The number of methoxy groups -OCH3 is 1. The topological polar surface area (TPSA) is 155 Å². The van der Waals surface area contributed by atoms with E-state index in [1.54, 1.807) is 19.1 Å². The normalized spacial score (nSPS) is 18.9. The van der Waals surface area contributed by atoms with Crippen molar-refractivity contribution in [3.63, 3.8) is 0 Å². The van der Waals surface area contributed by atoms with Gasteiger partial charge >= 0.3 is 0 Å². The Morgan fingerprint density at radius 1 is 1.21 bits per heavy atom. The largest absolute Gasteiger partial charge is 0.493 e. The molecule has 0 saturated heterocycles. The van der Waals surface area contributed by atoms with Crippen molar-refractivity contribution in [2.75, 3.05) is 40.0 Å². The molecule has 1 aliphatic rings. The van der Waals surface area contributed by atoms with Crippen LogP contribution < -0.4 is 14.8 Å². The molecule has 12 heteroatoms. The van der Waals surface area contributed by atoms with Gasteiger partial charge in [-0.3, -0.25) is 14.4 Å². The number of carbonyl (C=O) groups excluding carboxylic acids is 3. The van der Waals surface area contributed by atoms with E-state index in [2.05, 4.69) is 5.32 Å². The molecule has 0 heterocycles. The maximum Gasteiger partial charge on any atom is 0.290 e. The van der Waals surface area contributed by atoms with Crippen molar-refractivity contribution in [2.45, 2.75) is 58.0 Å². The molecule has 0 fully saturated rings. The van der Waals surface area contributed by atoms with Crippen LogP contribution in [0.25, 0.3) is 0 Å². The van der Waals surface area contributed by atoms with Gasteiger partial charge in [0.25, 0.3) is 5.91 Å². The van der Waals surface area contributed by atoms with E-state index in [-0.39, 0.29) is 44.7 Å². The van der Waals surface area contributed by atoms with Gasteiger partial charge in [0.1, 0.15) is 12.2 Å². The molecule has 0 bridgehead atoms. The highest BCUT2D eigenvalue weighted by molar-refractivity contribution is 14.1. The third kappa shape index (κ3) is 8.37. The van der Waals surface area contributed by atoms with Crippen LogP contribution in [0.2, 0.25) is 0 Å². The van der Waals surface area contributed by atoms with Gasteiger partial charge in [0.05, 0.1) is 29.9 Å². The van der Waals surface area contributed by atoms with Crippen LogP contribution in [0.3, 0.4) is 0 Å². The van der Waals surface area contributed by atoms with E-state index in [0.29, 0.717) is 40.3 Å². The molecule has 0 aliphatic heterocycles. The summed E-state index contributed by atoms with van der Waals surface area (Å²) in [5, 5.41) is 32.7. The van der Waals surface area contributed by atoms with E-state index in [1.807, 2.05) is 29.5 Å². The molecular formula is C26H37IN2O9. The van der Waals surface area contributed by atoms with Crippen molar-refractivity contribution in [2.24, 2.45) is 0 Å². The second-order valence-electron chi connectivity index (χ2n) is 8.61. The Morgan fingerprint density at radius 2 is 1.95 bits per heavy atom. The molecule has 212 valence electrons. The Balaban J connectivity index is 2.49. The first-order chi connectivity index (χ1) is 18.2. The number of ketones is 1. The number of nitrogens with zero attached hydrogens (tertiary/aromatic N) is 1. The fraction of sp³-hybridized carbons (Fsp3) is 0.577. The first-order valence-corrected chi connectivity index (χ1v) is 13.6. The number of nitrogens with one attached hydrogen (secondary N) is 1. The predicted octanol–water partition coefficient (Wildman–Crippen LogP) is 0.942. The van der Waals surface area contributed by atoms with Crippen LogP contribution in [0.4, 0.5) is 0 Å². The maximum atomic E-state index is 13.1. The summed E-state index contributed by atoms with van der Waals surface area (Å²) >= 11 is 2.02. The maximum absolute atomic E-state index is 13.1. The summed E-state index contributed by atoms with van der Waals surface area (Å²) in [6, 6.07) is 2.37. The number of hydrogen-bond donors (Lipinski definition) is 4. The zero-order valence-corrected chi connectivity index (χ0v) is 24.1. The van der Waals surface area contributed by atoms with Gasteiger partial charge in [0, 0.05) is 44.7 Å². The summed E-state index contributed by atoms with van der Waals surface area (Å²) in [5.41, 5.74) is 0.843. The second-order valence-corrected chi connectivity index (χ2v) is 9.77. The van der Waals surface area contributed by atoms with E-state index in [4.69, 9.17) is 19.3 Å². The zero-order chi connectivity index (χ0) is 28.2. The quantitative estimate of drug-likeness (QED) is 0.124. The molecule has 1 aromatic carbocycles. The summed E-state index contributed by atoms with van der Waals surface area (Å²) in [6.07, 6.45) is -0.486. The molecule has 1 aromatic rings. The molecule has 0 radical (unpaired) electrons. The summed E-state index contributed by atoms with van der Waals surface area (Å²) in [7, 11) is 1.44. The monoisotopic (exact) mass is 648 g/mol. The van der Waals surface area contributed by atoms with E-state index in [1.165, 1.54) is 18.1 Å². The third-order valence-electron chi connectivity index (χ3n) is 6.05. The van der Waals surface area contributed by atoms with Gasteiger partial charge in [-0.05, 0) is 59.7 Å². The molecule has 0 spiro atoms. The molecule has 4 N–H and O–H groups in total. The summed E-state index contributed by atoms with van der Waals surface area (Å²) in [5.74, 6) is -1.22. The van der Waals surface area contributed by atoms with Crippen LogP contribution in [0.1, 0.15) is 38.7 Å². The molecule has 1 aliphatic carbocycles. The van der Waals surface area contributed by atoms with E-state index >= 15 is 0 Å². The molecule has 11 nitrogen and oxygen atoms in total. The standard InChI is InChI=1S/C26H37IN2O9/c1-4-20(32)26(35)29(8-6-10-37-5-2)19-13-17(25(34)28-7-9-30)14-21(23(19)33)38-24-18(27)11-16(15-31)12-22(24)36-3/h11-12,14,19,21,23,30-31,33H,4-10,13,15H2,1-3H3,(H,28,34). The Labute approximate surface area is 236 Å². The zero-order valence-electron chi connectivity index (χ0n) is 21.9. The lowest BCUT2D eigenvalue weighted by Crippen LogP contribution is -2.56. The molecule has 3 atom stereocenters. The van der Waals surface area contributed by atoms with E-state index in [0.717, 1.165) is 0 Å². The van der Waals surface area contributed by atoms with Crippen molar-refractivity contribution in [1.29, 1.82) is 0 Å². The molecule has 2 rings (SSSR count). The number of benzene rings is 1. The van der Waals surface area contributed by atoms with E-state index in [9.17, 15) is 24.6 Å². The predicted molar refractivity (Wildman–Crippen MR) is 147 cm³/mol. The molecule has 38 heavy (non-hydrogen) atoms. The lowest BCUT2D eigenvalue weighted by molar-refractivity contribution is -0.149. The van der Waals surface area contributed by atoms with Crippen LogP contribution in [0.5, 0.6) is 11.5 Å². The smallest absolute Gasteiger partial charge is 0.290 e. The number of hydrogen-bond acceptors (Lipinski definition) is 9. The van der Waals surface area contributed by atoms with Crippen molar-refractivity contribution in [3.05, 3.63) is 32.9 Å². The number of aliphatic hydroxyl groups is 3. The second kappa shape index (κ2) is 16.0. The Bertz CT molecular complexity index is 1000. The first-order valence-electron chi connectivity index (χ1n) is 12.5. The van der Waals surface area contributed by atoms with Gasteiger partial charge in [-0.25, -0.2) is 0 Å². The SMILES string of the molecule is CCOCCCN(C(=O)C(=O)CC)C1CC(C(=O)NCCO)=CC(Oc2c(I)cc(CO)cc2OC)C1O. The van der Waals surface area contributed by atoms with Crippen molar-refractivity contribution in [3.8, 4) is 11.5 Å². The number of ether oxygens (including phenoxy) is 3. The van der Waals surface area contributed by atoms with Crippen molar-refractivity contribution >= 4 is 40.2 Å². The minimum absolute atomic E-state index is 0.00415. The van der Waals surface area contributed by atoms with Crippen LogP contribution >= 0.6 is 22.6 Å². The lowest BCUT2D eigenvalue weighted by Gasteiger charge is -2.40. The summed E-state index contributed by atoms with van der Waals surface area (Å²) < 4.78 is 17.6. The van der Waals surface area contributed by atoms with E-state index < -0.39 is 35.8 Å². The highest BCUT2D eigenvalue weighted by Crippen LogP contribution is 2.37. The van der Waals surface area contributed by atoms with Crippen LogP contribution in [0.15, 0.2) is 23.8 Å². The highest BCUT2D eigenvalue weighted by Gasteiger charge is 2.41. The highest BCUT2D eigenvalue weighted by atomic mass is 127. The summed E-state index contributed by atoms with van der Waals surface area (Å²) in [6.45, 7) is 3.98. The number of amides is 2. The minimum Gasteiger partial charge on any atom is -0.493 e. The number of Topliss-reactive ketones (excluding diaryl/α,β-unsaturated/α-hetero) is 1. The van der Waals surface area contributed by atoms with Gasteiger partial charge in [-0.1, -0.05) is 6.92 Å². The summed E-state index contributed by atoms with van der Waals surface area (Å²) in [4.78, 5) is 39.7. The average molecular weight is 648 g/mol. The average Bonchev–Trinajstić information content (AvgIpc) is 2.92. The molecule has 2 amide bonds. The van der Waals surface area contributed by atoms with Crippen LogP contribution in [0, 0.1) is 3.57 Å². The van der Waals surface area contributed by atoms with Crippen LogP contribution in [-0.2, 0) is 25.7 Å². The fourth-order valence-electron chi connectivity index (χ4n) is 4.11. The number of carbonyl (C=O) groups is 3. The molecule has 0 aromatic heterocycles. The van der Waals surface area contributed by atoms with Gasteiger partial charge in [-0.15, -0.1) is 0 Å². The number of rotatable bonds is 15. The Morgan fingerprint density at radius 3 is 2.55 bits per heavy atom. The molecular weight excluding hydrogens is 611 g/mol. The molecule has 3 unspecified atom stereocenters. The van der Waals surface area contributed by atoms with Crippen molar-refractivity contribution < 1.29 is 43.9 Å². The van der Waals surface area contributed by atoms with Gasteiger partial charge in [0.2, 0.25) is 11.7 Å². The number of aliphatic hydroxyl groups excluding tert-OH is 3. The third-order valence-corrected chi connectivity index (χ3v) is 6.85.